The maximum Gasteiger partial charge on any atom is 1.00 e. The van der Waals surface area contributed by atoms with Gasteiger partial charge in [0.05, 0.1) is 41.6 Å². The first-order valence-corrected chi connectivity index (χ1v) is 6.46. The van der Waals surface area contributed by atoms with Crippen LogP contribution < -0.4 is 9.79 Å². The van der Waals surface area contributed by atoms with E-state index in [1.807, 2.05) is 12.2 Å². The molecule has 0 atom stereocenters. The zero-order valence-corrected chi connectivity index (χ0v) is 11.4. The normalized spacial score (nSPS) is 11.1. The lowest BCUT2D eigenvalue weighted by Gasteiger charge is -2.27. The second kappa shape index (κ2) is 9.33. The van der Waals surface area contributed by atoms with Crippen molar-refractivity contribution in [3.8, 4) is 0 Å². The van der Waals surface area contributed by atoms with Gasteiger partial charge in [0.1, 0.15) is 0 Å². The molecule has 0 radical (unpaired) electrons. The van der Waals surface area contributed by atoms with Gasteiger partial charge in [0.25, 0.3) is 0 Å². The van der Waals surface area contributed by atoms with Gasteiger partial charge in [-0.1, -0.05) is 19.2 Å². The van der Waals surface area contributed by atoms with Crippen molar-refractivity contribution in [1.82, 2.24) is 0 Å². The van der Waals surface area contributed by atoms with Crippen LogP contribution in [0, 0.1) is 0 Å². The molecule has 0 aromatic carbocycles. The highest BCUT2D eigenvalue weighted by Crippen LogP contribution is 2.23. The van der Waals surface area contributed by atoms with E-state index in [0.29, 0.717) is 0 Å². The second-order valence-corrected chi connectivity index (χ2v) is 5.06. The summed E-state index contributed by atoms with van der Waals surface area (Å²) in [6, 6.07) is 0. The van der Waals surface area contributed by atoms with E-state index in [9.17, 15) is 14.4 Å². The summed E-state index contributed by atoms with van der Waals surface area (Å²) in [6.45, 7) is 12.3. The molecule has 0 unspecified atom stereocenters. The first-order chi connectivity index (χ1) is 7.68. The Bertz CT molecular complexity index is 277. The molecule has 0 saturated heterocycles. The van der Waals surface area contributed by atoms with E-state index < -0.39 is 7.82 Å². The smallest absolute Gasteiger partial charge is 0.790 e. The molecule has 0 aliphatic carbocycles. The number of likely N-dealkylation sites (N-methyl/N-ethyl adjacent to an activating group) is 1. The summed E-state index contributed by atoms with van der Waals surface area (Å²) in [6.07, 6.45) is 5.05. The van der Waals surface area contributed by atoms with Crippen LogP contribution in [0.3, 0.4) is 0 Å². The van der Waals surface area contributed by atoms with Crippen molar-refractivity contribution < 1.29 is 24.8 Å². The molecule has 0 rings (SSSR count). The standard InChI is InChI=1S/C8H16N.C3H7O4P/c1-5-7-9(3,4)8-6-2;1-2-3-7-8(4,5)6/h5-6H,1-2,7-8H2,3-4H3;2H,1,3H2,(H2,4,5,6)/q+1;/p-1. The van der Waals surface area contributed by atoms with Gasteiger partial charge in [-0.25, -0.2) is 0 Å². The molecule has 0 N–H and O–H groups in total. The maximum atomic E-state index is 9.59. The van der Waals surface area contributed by atoms with Crippen molar-refractivity contribution in [1.29, 1.82) is 0 Å². The molecule has 0 aromatic heterocycles. The summed E-state index contributed by atoms with van der Waals surface area (Å²) >= 11 is 0. The SMILES string of the molecule is C=CCOP(=O)([O-])[O-].C=CC[N+](C)(C)CC=C.[H+]. The van der Waals surface area contributed by atoms with Crippen molar-refractivity contribution in [2.45, 2.75) is 0 Å². The molecular formula is C11H22NO4P. The summed E-state index contributed by atoms with van der Waals surface area (Å²) < 4.78 is 14.2. The molecule has 0 aromatic rings. The zero-order chi connectivity index (χ0) is 13.9. The van der Waals surface area contributed by atoms with Crippen molar-refractivity contribution in [3.63, 3.8) is 0 Å². The maximum absolute atomic E-state index is 9.59. The minimum atomic E-state index is -4.75. The largest absolute Gasteiger partial charge is 1.00 e. The van der Waals surface area contributed by atoms with E-state index in [1.165, 1.54) is 6.08 Å². The fourth-order valence-corrected chi connectivity index (χ4v) is 1.21. The topological polar surface area (TPSA) is 72.4 Å². The molecule has 100 valence electrons. The van der Waals surface area contributed by atoms with Crippen molar-refractivity contribution in [3.05, 3.63) is 38.0 Å². The summed E-state index contributed by atoms with van der Waals surface area (Å²) in [5, 5.41) is 0. The molecule has 0 bridgehead atoms. The molecule has 5 nitrogen and oxygen atoms in total. The van der Waals surface area contributed by atoms with Crippen LogP contribution in [0.5, 0.6) is 0 Å². The first-order valence-electron chi connectivity index (χ1n) is 5.00. The first kappa shape index (κ1) is 18.6. The number of nitrogens with zero attached hydrogens (tertiary/aromatic N) is 1. The Morgan fingerprint density at radius 2 is 1.59 bits per heavy atom. The second-order valence-electron chi connectivity index (χ2n) is 3.91. The molecule has 0 heterocycles. The number of quaternary nitrogens is 1. The van der Waals surface area contributed by atoms with Gasteiger partial charge in [-0.2, -0.15) is 0 Å². The van der Waals surface area contributed by atoms with Crippen LogP contribution in [0.15, 0.2) is 38.0 Å². The third-order valence-electron chi connectivity index (χ3n) is 1.60. The number of phosphoric acid groups is 1. The monoisotopic (exact) mass is 263 g/mol. The fraction of sp³-hybridized carbons (Fsp3) is 0.455. The fourth-order valence-electron chi connectivity index (χ4n) is 0.917. The van der Waals surface area contributed by atoms with Crippen molar-refractivity contribution >= 4 is 7.82 Å². The van der Waals surface area contributed by atoms with Gasteiger partial charge in [-0.15, -0.1) is 6.58 Å². The van der Waals surface area contributed by atoms with E-state index in [-0.39, 0.29) is 8.03 Å². The highest BCUT2D eigenvalue weighted by Gasteiger charge is 2.07. The molecule has 17 heavy (non-hydrogen) atoms. The molecule has 0 aliphatic heterocycles. The highest BCUT2D eigenvalue weighted by atomic mass is 31.2. The minimum absolute atomic E-state index is 0. The molecule has 0 fully saturated rings. The Labute approximate surface area is 105 Å². The van der Waals surface area contributed by atoms with Gasteiger partial charge in [0, 0.05) is 0 Å². The third kappa shape index (κ3) is 17.9. The number of rotatable bonds is 7. The van der Waals surface area contributed by atoms with Gasteiger partial charge in [0.15, 0.2) is 0 Å². The van der Waals surface area contributed by atoms with Gasteiger partial charge < -0.3 is 23.4 Å². The lowest BCUT2D eigenvalue weighted by molar-refractivity contribution is -0.878. The number of hydrogen-bond acceptors (Lipinski definition) is 4. The van der Waals surface area contributed by atoms with E-state index in [4.69, 9.17) is 0 Å². The summed E-state index contributed by atoms with van der Waals surface area (Å²) in [4.78, 5) is 19.2. The average molecular weight is 263 g/mol. The van der Waals surface area contributed by atoms with Crippen LogP contribution in [-0.2, 0) is 9.09 Å². The predicted octanol–water partition coefficient (Wildman–Crippen LogP) is 0.565. The van der Waals surface area contributed by atoms with E-state index in [2.05, 4.69) is 38.4 Å². The predicted molar refractivity (Wildman–Crippen MR) is 67.1 cm³/mol. The Hall–Kier alpha value is -0.710. The van der Waals surface area contributed by atoms with Crippen LogP contribution in [0.2, 0.25) is 0 Å². The molecular weight excluding hydrogens is 241 g/mol. The summed E-state index contributed by atoms with van der Waals surface area (Å²) in [7, 11) is -0.441. The number of hydrogen-bond donors (Lipinski definition) is 0. The van der Waals surface area contributed by atoms with E-state index in [0.717, 1.165) is 17.6 Å². The molecule has 0 aliphatic rings. The van der Waals surface area contributed by atoms with Crippen molar-refractivity contribution in [2.75, 3.05) is 33.8 Å². The van der Waals surface area contributed by atoms with Gasteiger partial charge >= 0.3 is 1.43 Å². The Kier molecular flexibility index (Phi) is 10.2. The Morgan fingerprint density at radius 3 is 1.76 bits per heavy atom. The van der Waals surface area contributed by atoms with Crippen LogP contribution in [-0.4, -0.2) is 38.3 Å². The van der Waals surface area contributed by atoms with Crippen LogP contribution in [0.1, 0.15) is 1.43 Å². The number of phosphoric ester groups is 1. The zero-order valence-electron chi connectivity index (χ0n) is 11.5. The van der Waals surface area contributed by atoms with E-state index >= 15 is 0 Å². The lowest BCUT2D eigenvalue weighted by Crippen LogP contribution is -2.39. The van der Waals surface area contributed by atoms with Crippen LogP contribution in [0.4, 0.5) is 0 Å². The Morgan fingerprint density at radius 1 is 1.18 bits per heavy atom. The third-order valence-corrected chi connectivity index (χ3v) is 2.06. The summed E-state index contributed by atoms with van der Waals surface area (Å²) in [5.41, 5.74) is 0. The van der Waals surface area contributed by atoms with Crippen molar-refractivity contribution in [2.24, 2.45) is 0 Å². The molecule has 0 amide bonds. The van der Waals surface area contributed by atoms with E-state index in [1.54, 1.807) is 0 Å². The minimum Gasteiger partial charge on any atom is -0.790 e. The lowest BCUT2D eigenvalue weighted by atomic mass is 10.4. The van der Waals surface area contributed by atoms with Crippen LogP contribution in [0.25, 0.3) is 0 Å². The quantitative estimate of drug-likeness (QED) is 0.382. The van der Waals surface area contributed by atoms with Crippen LogP contribution >= 0.6 is 7.82 Å². The molecule has 6 heteroatoms. The molecule has 0 spiro atoms. The Balaban J connectivity index is -0.000000238. The summed E-state index contributed by atoms with van der Waals surface area (Å²) in [5.74, 6) is 0. The average Bonchev–Trinajstić information content (AvgIpc) is 2.14. The van der Waals surface area contributed by atoms with Gasteiger partial charge in [0.2, 0.25) is 0 Å². The van der Waals surface area contributed by atoms with Gasteiger partial charge in [-0.3, -0.25) is 0 Å². The molecule has 0 saturated carbocycles. The van der Waals surface area contributed by atoms with Gasteiger partial charge in [-0.05, 0) is 12.2 Å². The highest BCUT2D eigenvalue weighted by molar-refractivity contribution is 7.43.